The first-order chi connectivity index (χ1) is 16.1. The monoisotopic (exact) mass is 527 g/mol. The van der Waals surface area contributed by atoms with Crippen molar-refractivity contribution in [1.82, 2.24) is 0 Å². The third-order valence-corrected chi connectivity index (χ3v) is 6.75. The predicted molar refractivity (Wildman–Crippen MR) is 134 cm³/mol. The molecule has 0 aliphatic rings. The zero-order valence-corrected chi connectivity index (χ0v) is 21.1. The molecule has 0 aliphatic heterocycles. The van der Waals surface area contributed by atoms with E-state index in [0.29, 0.717) is 33.6 Å². The molecule has 0 saturated heterocycles. The minimum absolute atomic E-state index is 0.0655. The number of nitrogen functional groups attached to an aromatic ring is 1. The highest BCUT2D eigenvalue weighted by Crippen LogP contribution is 2.39. The normalized spacial score (nSPS) is 11.0. The average Bonchev–Trinajstić information content (AvgIpc) is 2.80. The van der Waals surface area contributed by atoms with E-state index < -0.39 is 10.0 Å². The SMILES string of the molecule is COc1cc(OC)c(Nc2ccc(S(=O)(=O)Nc3cc(Cl)c(OC)cc3OC)cc2N)cc1Cl. The second-order valence-electron chi connectivity index (χ2n) is 6.85. The summed E-state index contributed by atoms with van der Waals surface area (Å²) in [4.78, 5) is -0.0655. The topological polar surface area (TPSA) is 121 Å². The van der Waals surface area contributed by atoms with E-state index in [9.17, 15) is 8.42 Å². The fourth-order valence-electron chi connectivity index (χ4n) is 3.07. The molecule has 0 atom stereocenters. The molecule has 3 rings (SSSR count). The first-order valence-electron chi connectivity index (χ1n) is 9.66. The maximum absolute atomic E-state index is 13.0. The van der Waals surface area contributed by atoms with Crippen molar-refractivity contribution in [2.45, 2.75) is 4.90 Å². The lowest BCUT2D eigenvalue weighted by molar-refractivity contribution is 0.395. The van der Waals surface area contributed by atoms with Crippen LogP contribution in [0.15, 0.2) is 47.4 Å². The minimum atomic E-state index is -4.02. The summed E-state index contributed by atoms with van der Waals surface area (Å²) in [5, 5.41) is 3.67. The molecule has 0 spiro atoms. The van der Waals surface area contributed by atoms with E-state index >= 15 is 0 Å². The summed E-state index contributed by atoms with van der Waals surface area (Å²) in [5.41, 5.74) is 7.44. The van der Waals surface area contributed by atoms with Crippen LogP contribution in [0.1, 0.15) is 0 Å². The fourth-order valence-corrected chi connectivity index (χ4v) is 4.65. The number of nitrogens with two attached hydrogens (primary N) is 1. The van der Waals surface area contributed by atoms with Crippen LogP contribution in [-0.2, 0) is 10.0 Å². The Labute approximate surface area is 207 Å². The van der Waals surface area contributed by atoms with Gasteiger partial charge in [-0.2, -0.15) is 0 Å². The van der Waals surface area contributed by atoms with Gasteiger partial charge in [0.05, 0.1) is 66.1 Å². The molecule has 182 valence electrons. The van der Waals surface area contributed by atoms with Gasteiger partial charge in [-0.3, -0.25) is 4.72 Å². The van der Waals surface area contributed by atoms with Gasteiger partial charge in [0.1, 0.15) is 23.0 Å². The summed E-state index contributed by atoms with van der Waals surface area (Å²) >= 11 is 12.4. The van der Waals surface area contributed by atoms with E-state index in [0.717, 1.165) is 0 Å². The molecule has 0 unspecified atom stereocenters. The van der Waals surface area contributed by atoms with E-state index in [1.807, 2.05) is 0 Å². The number of nitrogens with one attached hydrogen (secondary N) is 2. The number of rotatable bonds is 9. The van der Waals surface area contributed by atoms with Crippen LogP contribution in [0.5, 0.6) is 23.0 Å². The highest BCUT2D eigenvalue weighted by atomic mass is 35.5. The molecule has 0 radical (unpaired) electrons. The number of hydrogen-bond donors (Lipinski definition) is 3. The fraction of sp³-hybridized carbons (Fsp3) is 0.182. The van der Waals surface area contributed by atoms with Gasteiger partial charge >= 0.3 is 0 Å². The number of halogens is 2. The largest absolute Gasteiger partial charge is 0.495 e. The van der Waals surface area contributed by atoms with Gasteiger partial charge in [-0.05, 0) is 30.3 Å². The van der Waals surface area contributed by atoms with Gasteiger partial charge in [-0.15, -0.1) is 0 Å². The standard InChI is InChI=1S/C22H23Cl2N3O6S/c1-30-19-10-21(32-3)17(8-13(19)23)26-16-6-5-12(7-15(16)25)34(28,29)27-18-9-14(24)20(31-2)11-22(18)33-4/h5-11,26-27H,25H2,1-4H3. The van der Waals surface area contributed by atoms with Gasteiger partial charge in [0.15, 0.2) is 0 Å². The Bertz CT molecular complexity index is 1320. The molecule has 9 nitrogen and oxygen atoms in total. The van der Waals surface area contributed by atoms with E-state index in [1.54, 1.807) is 12.1 Å². The first kappa shape index (κ1) is 25.4. The van der Waals surface area contributed by atoms with Crippen molar-refractivity contribution in [2.24, 2.45) is 0 Å². The molecule has 34 heavy (non-hydrogen) atoms. The van der Waals surface area contributed by atoms with E-state index in [2.05, 4.69) is 10.0 Å². The molecule has 12 heteroatoms. The molecule has 0 bridgehead atoms. The van der Waals surface area contributed by atoms with Crippen LogP contribution >= 0.6 is 23.2 Å². The van der Waals surface area contributed by atoms with Gasteiger partial charge in [0.2, 0.25) is 0 Å². The minimum Gasteiger partial charge on any atom is -0.495 e. The Hall–Kier alpha value is -3.21. The molecule has 3 aromatic carbocycles. The van der Waals surface area contributed by atoms with Gasteiger partial charge < -0.3 is 30.0 Å². The van der Waals surface area contributed by atoms with Crippen LogP contribution in [0.2, 0.25) is 10.0 Å². The average molecular weight is 528 g/mol. The molecule has 0 aliphatic carbocycles. The summed E-state index contributed by atoms with van der Waals surface area (Å²) in [6.07, 6.45) is 0. The molecule has 0 heterocycles. The van der Waals surface area contributed by atoms with Crippen LogP contribution in [0.25, 0.3) is 0 Å². The number of hydrogen-bond acceptors (Lipinski definition) is 8. The zero-order valence-electron chi connectivity index (χ0n) is 18.7. The van der Waals surface area contributed by atoms with Gasteiger partial charge in [-0.25, -0.2) is 8.42 Å². The molecule has 4 N–H and O–H groups in total. The van der Waals surface area contributed by atoms with Gasteiger partial charge in [-0.1, -0.05) is 23.2 Å². The number of ether oxygens (including phenoxy) is 4. The molecule has 0 saturated carbocycles. The van der Waals surface area contributed by atoms with Crippen LogP contribution < -0.4 is 34.7 Å². The molecule has 3 aromatic rings. The third-order valence-electron chi connectivity index (χ3n) is 4.79. The second kappa shape index (κ2) is 10.4. The molecule has 0 aromatic heterocycles. The summed E-state index contributed by atoms with van der Waals surface area (Å²) in [6, 6.07) is 10.4. The number of methoxy groups -OCH3 is 4. The van der Waals surface area contributed by atoms with Gasteiger partial charge in [0, 0.05) is 12.1 Å². The molecule has 0 fully saturated rings. The zero-order chi connectivity index (χ0) is 25.0. The van der Waals surface area contributed by atoms with Crippen LogP contribution in [0.4, 0.5) is 22.7 Å². The van der Waals surface area contributed by atoms with Crippen LogP contribution in [0, 0.1) is 0 Å². The number of sulfonamides is 1. The summed E-state index contributed by atoms with van der Waals surface area (Å²) in [5.74, 6) is 1.48. The summed E-state index contributed by atoms with van der Waals surface area (Å²) in [6.45, 7) is 0. The highest BCUT2D eigenvalue weighted by Gasteiger charge is 2.20. The van der Waals surface area contributed by atoms with Crippen LogP contribution in [0.3, 0.4) is 0 Å². The quantitative estimate of drug-likeness (QED) is 0.326. The van der Waals surface area contributed by atoms with E-state index in [-0.39, 0.29) is 27.0 Å². The Morgan fingerprint density at radius 2 is 1.21 bits per heavy atom. The van der Waals surface area contributed by atoms with Crippen molar-refractivity contribution in [3.05, 3.63) is 52.5 Å². The smallest absolute Gasteiger partial charge is 0.262 e. The molecular formula is C22H23Cl2N3O6S. The summed E-state index contributed by atoms with van der Waals surface area (Å²) < 4.78 is 49.4. The Morgan fingerprint density at radius 3 is 1.71 bits per heavy atom. The van der Waals surface area contributed by atoms with E-state index in [4.69, 9.17) is 47.9 Å². The van der Waals surface area contributed by atoms with Crippen molar-refractivity contribution in [3.8, 4) is 23.0 Å². The molecular weight excluding hydrogens is 505 g/mol. The van der Waals surface area contributed by atoms with Crippen LogP contribution in [-0.4, -0.2) is 36.9 Å². The Kier molecular flexibility index (Phi) is 7.75. The predicted octanol–water partition coefficient (Wildman–Crippen LogP) is 5.15. The third kappa shape index (κ3) is 5.30. The lowest BCUT2D eigenvalue weighted by atomic mass is 10.2. The highest BCUT2D eigenvalue weighted by molar-refractivity contribution is 7.92. The van der Waals surface area contributed by atoms with Crippen molar-refractivity contribution in [3.63, 3.8) is 0 Å². The summed E-state index contributed by atoms with van der Waals surface area (Å²) in [7, 11) is 1.81. The Balaban J connectivity index is 1.91. The molecule has 0 amide bonds. The van der Waals surface area contributed by atoms with Crippen molar-refractivity contribution in [1.29, 1.82) is 0 Å². The lowest BCUT2D eigenvalue weighted by Gasteiger charge is -2.17. The second-order valence-corrected chi connectivity index (χ2v) is 9.35. The maximum atomic E-state index is 13.0. The van der Waals surface area contributed by atoms with Crippen molar-refractivity contribution < 1.29 is 27.4 Å². The van der Waals surface area contributed by atoms with Gasteiger partial charge in [0.25, 0.3) is 10.0 Å². The van der Waals surface area contributed by atoms with E-state index in [1.165, 1.54) is 58.8 Å². The number of benzene rings is 3. The first-order valence-corrected chi connectivity index (χ1v) is 11.9. The lowest BCUT2D eigenvalue weighted by Crippen LogP contribution is -2.14. The number of anilines is 4. The Morgan fingerprint density at radius 1 is 0.706 bits per heavy atom. The van der Waals surface area contributed by atoms with Crippen molar-refractivity contribution in [2.75, 3.05) is 44.2 Å². The maximum Gasteiger partial charge on any atom is 0.262 e. The van der Waals surface area contributed by atoms with Crippen molar-refractivity contribution >= 4 is 56.0 Å².